The van der Waals surface area contributed by atoms with E-state index >= 15 is 0 Å². The summed E-state index contributed by atoms with van der Waals surface area (Å²) < 4.78 is 28.3. The van der Waals surface area contributed by atoms with Crippen molar-refractivity contribution in [3.63, 3.8) is 0 Å². The van der Waals surface area contributed by atoms with Crippen molar-refractivity contribution in [2.45, 2.75) is 0 Å². The summed E-state index contributed by atoms with van der Waals surface area (Å²) >= 11 is 0. The third-order valence-electron chi connectivity index (χ3n) is 2.68. The number of hydrogen-bond donors (Lipinski definition) is 5. The number of nitrogen functional groups attached to an aromatic ring is 1. The first-order chi connectivity index (χ1) is 10.3. The minimum Gasteiger partial charge on any atom is -0.506 e. The van der Waals surface area contributed by atoms with Gasteiger partial charge in [-0.15, -0.1) is 0 Å². The Morgan fingerprint density at radius 1 is 1.09 bits per heavy atom. The maximum absolute atomic E-state index is 12.0. The zero-order valence-electron chi connectivity index (χ0n) is 11.1. The third-order valence-corrected chi connectivity index (χ3v) is 3.67. The molecule has 0 amide bonds. The van der Waals surface area contributed by atoms with Gasteiger partial charge in [-0.2, -0.15) is 8.42 Å². The molecule has 2 aromatic carbocycles. The average molecular weight is 323 g/mol. The molecule has 0 fully saturated rings. The normalized spacial score (nSPS) is 10.9. The summed E-state index contributed by atoms with van der Waals surface area (Å²) in [6.45, 7) is 0. The lowest BCUT2D eigenvalue weighted by atomic mass is 10.2. The van der Waals surface area contributed by atoms with Crippen LogP contribution in [-0.4, -0.2) is 24.6 Å². The number of hydrogen-bond acceptors (Lipinski definition) is 5. The molecule has 0 aromatic heterocycles. The Morgan fingerprint density at radius 3 is 2.41 bits per heavy atom. The second-order valence-corrected chi connectivity index (χ2v) is 5.75. The summed E-state index contributed by atoms with van der Waals surface area (Å²) in [6, 6.07) is 9.37. The Labute approximate surface area is 126 Å². The van der Waals surface area contributed by atoms with Crippen LogP contribution in [-0.2, 0) is 10.2 Å². The van der Waals surface area contributed by atoms with E-state index in [9.17, 15) is 18.3 Å². The van der Waals surface area contributed by atoms with Crippen molar-refractivity contribution in [3.05, 3.63) is 48.0 Å². The fraction of sp³-hybridized carbons (Fsp3) is 0. The molecule has 0 bridgehead atoms. The van der Waals surface area contributed by atoms with Gasteiger partial charge in [-0.05, 0) is 30.3 Å². The molecule has 0 aliphatic heterocycles. The number of para-hydroxylation sites is 1. The number of phenolic OH excluding ortho intramolecular Hbond substituents is 1. The Kier molecular flexibility index (Phi) is 4.08. The van der Waals surface area contributed by atoms with E-state index in [-0.39, 0.29) is 28.4 Å². The number of nitrogens with two attached hydrogens (primary N) is 1. The Morgan fingerprint density at radius 2 is 1.77 bits per heavy atom. The van der Waals surface area contributed by atoms with Crippen LogP contribution in [0.5, 0.6) is 5.75 Å². The molecule has 0 atom stereocenters. The Balaban J connectivity index is 2.25. The van der Waals surface area contributed by atoms with Crippen molar-refractivity contribution in [3.8, 4) is 5.75 Å². The molecule has 0 saturated heterocycles. The van der Waals surface area contributed by atoms with Gasteiger partial charge in [0.05, 0.1) is 22.6 Å². The molecule has 116 valence electrons. The fourth-order valence-electron chi connectivity index (χ4n) is 1.70. The number of aromatic carboxylic acids is 1. The minimum absolute atomic E-state index is 0.00568. The highest BCUT2D eigenvalue weighted by Gasteiger charge is 2.16. The van der Waals surface area contributed by atoms with Gasteiger partial charge in [0.2, 0.25) is 0 Å². The lowest BCUT2D eigenvalue weighted by Gasteiger charge is -2.12. The number of aromatic hydroxyl groups is 1. The maximum Gasteiger partial charge on any atom is 0.337 e. The maximum atomic E-state index is 12.0. The second kappa shape index (κ2) is 5.82. The molecule has 0 radical (unpaired) electrons. The van der Waals surface area contributed by atoms with E-state index in [2.05, 4.69) is 9.44 Å². The van der Waals surface area contributed by atoms with E-state index in [1.807, 2.05) is 0 Å². The van der Waals surface area contributed by atoms with E-state index in [1.54, 1.807) is 0 Å². The second-order valence-electron chi connectivity index (χ2n) is 4.33. The molecule has 0 unspecified atom stereocenters. The van der Waals surface area contributed by atoms with Gasteiger partial charge in [-0.1, -0.05) is 12.1 Å². The lowest BCUT2D eigenvalue weighted by Crippen LogP contribution is -2.23. The lowest BCUT2D eigenvalue weighted by molar-refractivity contribution is 0.0698. The molecule has 2 aromatic rings. The molecular weight excluding hydrogens is 310 g/mol. The summed E-state index contributed by atoms with van der Waals surface area (Å²) in [5.41, 5.74) is 5.34. The van der Waals surface area contributed by atoms with Gasteiger partial charge in [-0.25, -0.2) is 4.79 Å². The van der Waals surface area contributed by atoms with Gasteiger partial charge in [0.25, 0.3) is 0 Å². The molecule has 9 heteroatoms. The number of rotatable bonds is 5. The fourth-order valence-corrected chi connectivity index (χ4v) is 2.66. The van der Waals surface area contributed by atoms with Crippen molar-refractivity contribution < 1.29 is 23.4 Å². The summed E-state index contributed by atoms with van der Waals surface area (Å²) in [7, 11) is -4.07. The summed E-state index contributed by atoms with van der Waals surface area (Å²) in [6.07, 6.45) is 0. The quantitative estimate of drug-likeness (QED) is 0.320. The van der Waals surface area contributed by atoms with Gasteiger partial charge in [0.15, 0.2) is 0 Å². The average Bonchev–Trinajstić information content (AvgIpc) is 2.42. The van der Waals surface area contributed by atoms with Crippen LogP contribution in [0.15, 0.2) is 42.5 Å². The smallest absolute Gasteiger partial charge is 0.337 e. The van der Waals surface area contributed by atoms with Gasteiger partial charge < -0.3 is 15.9 Å². The molecule has 2 rings (SSSR count). The SMILES string of the molecule is Nc1cc(NS(=O)(=O)Nc2ccccc2C(=O)O)ccc1O. The van der Waals surface area contributed by atoms with Gasteiger partial charge in [-0.3, -0.25) is 9.44 Å². The van der Waals surface area contributed by atoms with Gasteiger partial charge in [0, 0.05) is 0 Å². The van der Waals surface area contributed by atoms with E-state index in [1.165, 1.54) is 42.5 Å². The standard InChI is InChI=1S/C13H13N3O5S/c14-10-7-8(5-6-12(10)17)15-22(20,21)16-11-4-2-1-3-9(11)13(18)19/h1-7,15-17H,14H2,(H,18,19). The van der Waals surface area contributed by atoms with Crippen molar-refractivity contribution in [2.75, 3.05) is 15.2 Å². The molecule has 6 N–H and O–H groups in total. The molecular formula is C13H13N3O5S. The first kappa shape index (κ1) is 15.4. The van der Waals surface area contributed by atoms with Crippen molar-refractivity contribution in [1.82, 2.24) is 0 Å². The van der Waals surface area contributed by atoms with Crippen LogP contribution in [0.3, 0.4) is 0 Å². The van der Waals surface area contributed by atoms with Crippen molar-refractivity contribution in [2.24, 2.45) is 0 Å². The predicted octanol–water partition coefficient (Wildman–Crippen LogP) is 1.44. The number of carbonyl (C=O) groups is 1. The van der Waals surface area contributed by atoms with Crippen LogP contribution in [0.25, 0.3) is 0 Å². The number of anilines is 3. The first-order valence-electron chi connectivity index (χ1n) is 6.00. The minimum atomic E-state index is -4.07. The molecule has 22 heavy (non-hydrogen) atoms. The molecule has 0 heterocycles. The predicted molar refractivity (Wildman–Crippen MR) is 82.1 cm³/mol. The van der Waals surface area contributed by atoms with Crippen molar-refractivity contribution >= 4 is 33.2 Å². The highest BCUT2D eigenvalue weighted by molar-refractivity contribution is 7.94. The van der Waals surface area contributed by atoms with Crippen LogP contribution >= 0.6 is 0 Å². The highest BCUT2D eigenvalue weighted by atomic mass is 32.2. The van der Waals surface area contributed by atoms with Crippen molar-refractivity contribution in [1.29, 1.82) is 0 Å². The molecule has 8 nitrogen and oxygen atoms in total. The summed E-state index contributed by atoms with van der Waals surface area (Å²) in [5.74, 6) is -1.43. The van der Waals surface area contributed by atoms with Crippen LogP contribution in [0.2, 0.25) is 0 Å². The highest BCUT2D eigenvalue weighted by Crippen LogP contribution is 2.24. The molecule has 0 spiro atoms. The summed E-state index contributed by atoms with van der Waals surface area (Å²) in [5, 5.41) is 18.3. The van der Waals surface area contributed by atoms with Crippen LogP contribution in [0.1, 0.15) is 10.4 Å². The van der Waals surface area contributed by atoms with E-state index in [0.717, 1.165) is 0 Å². The monoisotopic (exact) mass is 323 g/mol. The number of carboxylic acids is 1. The van der Waals surface area contributed by atoms with Gasteiger partial charge in [0.1, 0.15) is 5.75 Å². The Bertz CT molecular complexity index is 820. The zero-order valence-corrected chi connectivity index (χ0v) is 12.0. The van der Waals surface area contributed by atoms with Crippen LogP contribution in [0.4, 0.5) is 17.1 Å². The zero-order chi connectivity index (χ0) is 16.3. The molecule has 0 aliphatic rings. The first-order valence-corrected chi connectivity index (χ1v) is 7.48. The van der Waals surface area contributed by atoms with Crippen LogP contribution < -0.4 is 15.2 Å². The summed E-state index contributed by atoms with van der Waals surface area (Å²) in [4.78, 5) is 11.0. The number of carboxylic acid groups (broad SMARTS) is 1. The largest absolute Gasteiger partial charge is 0.506 e. The number of benzene rings is 2. The van der Waals surface area contributed by atoms with Gasteiger partial charge >= 0.3 is 16.2 Å². The van der Waals surface area contributed by atoms with E-state index in [4.69, 9.17) is 10.8 Å². The van der Waals surface area contributed by atoms with Crippen LogP contribution in [0, 0.1) is 0 Å². The topological polar surface area (TPSA) is 142 Å². The third kappa shape index (κ3) is 3.58. The van der Waals surface area contributed by atoms with E-state index < -0.39 is 16.2 Å². The number of phenols is 1. The molecule has 0 aliphatic carbocycles. The Hall–Kier alpha value is -2.94. The number of nitrogens with one attached hydrogen (secondary N) is 2. The van der Waals surface area contributed by atoms with E-state index in [0.29, 0.717) is 0 Å². The molecule has 0 saturated carbocycles.